The van der Waals surface area contributed by atoms with E-state index < -0.39 is 0 Å². The predicted octanol–water partition coefficient (Wildman–Crippen LogP) is 6.00. The summed E-state index contributed by atoms with van der Waals surface area (Å²) >= 11 is 8.08. The molecule has 0 saturated carbocycles. The van der Waals surface area contributed by atoms with Crippen molar-refractivity contribution >= 4 is 58.3 Å². The third-order valence-electron chi connectivity index (χ3n) is 7.62. The zero-order valence-electron chi connectivity index (χ0n) is 24.0. The molecule has 1 amide bonds. The Bertz CT molecular complexity index is 1340. The number of rotatable bonds is 9. The molecule has 3 N–H and O–H groups in total. The number of halogens is 1. The van der Waals surface area contributed by atoms with Crippen LogP contribution in [0.25, 0.3) is 0 Å². The average molecular weight is 595 g/mol. The first-order valence-electron chi connectivity index (χ1n) is 14.3. The van der Waals surface area contributed by atoms with Gasteiger partial charge in [0, 0.05) is 36.8 Å². The van der Waals surface area contributed by atoms with Crippen LogP contribution >= 0.6 is 23.5 Å². The van der Waals surface area contributed by atoms with Crippen LogP contribution in [0, 0.1) is 0 Å². The number of carbonyl (C=O) groups is 1. The summed E-state index contributed by atoms with van der Waals surface area (Å²) in [5, 5.41) is 9.76. The number of nitrogens with one attached hydrogen (secondary N) is 3. The van der Waals surface area contributed by atoms with Crippen LogP contribution in [-0.4, -0.2) is 78.4 Å². The van der Waals surface area contributed by atoms with E-state index in [0.29, 0.717) is 34.1 Å². The number of hydrogen-bond acceptors (Lipinski definition) is 9. The maximum absolute atomic E-state index is 12.9. The van der Waals surface area contributed by atoms with Gasteiger partial charge in [0.1, 0.15) is 5.02 Å². The van der Waals surface area contributed by atoms with Crippen molar-refractivity contribution in [2.75, 3.05) is 62.9 Å². The summed E-state index contributed by atoms with van der Waals surface area (Å²) in [6.45, 7) is 4.45. The molecule has 3 heterocycles. The molecule has 5 rings (SSSR count). The van der Waals surface area contributed by atoms with E-state index in [1.54, 1.807) is 25.2 Å². The van der Waals surface area contributed by atoms with Gasteiger partial charge in [0.15, 0.2) is 5.82 Å². The molecule has 9 nitrogen and oxygen atoms in total. The summed E-state index contributed by atoms with van der Waals surface area (Å²) in [6, 6.07) is 14.6. The van der Waals surface area contributed by atoms with Crippen LogP contribution in [0.3, 0.4) is 0 Å². The zero-order valence-corrected chi connectivity index (χ0v) is 25.6. The Balaban J connectivity index is 1.32. The number of benzene rings is 2. The van der Waals surface area contributed by atoms with E-state index in [9.17, 15) is 4.79 Å². The van der Waals surface area contributed by atoms with Crippen LogP contribution in [-0.2, 0) is 0 Å². The Kier molecular flexibility index (Phi) is 9.87. The van der Waals surface area contributed by atoms with E-state index in [1.807, 2.05) is 54.8 Å². The molecule has 1 aromatic heterocycles. The van der Waals surface area contributed by atoms with Crippen molar-refractivity contribution in [3.05, 3.63) is 59.2 Å². The second-order valence-electron chi connectivity index (χ2n) is 10.7. The maximum atomic E-state index is 12.9. The standard InChI is InChI=1S/C30H39ClN8OS/c1-32-29(40)23-19-22(39-17-13-21(14-18-39)38-15-7-4-8-16-38)11-12-25(23)35-30-33-20-24(31)28(36-30)34-26-9-5-6-10-27(26)41-37(2)3/h5-6,9-12,19-21H,4,7-8,13-18H2,1-3H3,(H,32,40)(H2,33,34,35,36). The lowest BCUT2D eigenvalue weighted by Crippen LogP contribution is -2.46. The number of piperidine rings is 2. The topological polar surface area (TPSA) is 88.7 Å². The van der Waals surface area contributed by atoms with E-state index in [4.69, 9.17) is 11.6 Å². The second-order valence-corrected chi connectivity index (χ2v) is 12.4. The molecule has 2 aliphatic rings. The number of likely N-dealkylation sites (tertiary alicyclic amines) is 1. The molecule has 0 spiro atoms. The minimum atomic E-state index is -0.167. The van der Waals surface area contributed by atoms with Crippen LogP contribution in [0.2, 0.25) is 5.02 Å². The average Bonchev–Trinajstić information content (AvgIpc) is 3.00. The Morgan fingerprint density at radius 3 is 2.49 bits per heavy atom. The van der Waals surface area contributed by atoms with E-state index in [2.05, 4.69) is 41.8 Å². The van der Waals surface area contributed by atoms with Crippen molar-refractivity contribution < 1.29 is 4.79 Å². The Morgan fingerprint density at radius 2 is 1.76 bits per heavy atom. The highest BCUT2D eigenvalue weighted by atomic mass is 35.5. The normalized spacial score (nSPS) is 16.6. The van der Waals surface area contributed by atoms with Gasteiger partial charge in [0.25, 0.3) is 5.91 Å². The molecule has 2 aliphatic heterocycles. The van der Waals surface area contributed by atoms with Gasteiger partial charge in [-0.05, 0) is 95.1 Å². The molecule has 0 radical (unpaired) electrons. The van der Waals surface area contributed by atoms with Gasteiger partial charge in [-0.1, -0.05) is 30.2 Å². The summed E-state index contributed by atoms with van der Waals surface area (Å²) in [4.78, 5) is 28.1. The number of hydrogen-bond donors (Lipinski definition) is 3. The number of anilines is 5. The third kappa shape index (κ3) is 7.43. The predicted molar refractivity (Wildman–Crippen MR) is 170 cm³/mol. The van der Waals surface area contributed by atoms with Gasteiger partial charge in [0.2, 0.25) is 5.95 Å². The Labute approximate surface area is 252 Å². The maximum Gasteiger partial charge on any atom is 0.253 e. The smallest absolute Gasteiger partial charge is 0.253 e. The van der Waals surface area contributed by atoms with Gasteiger partial charge in [-0.25, -0.2) is 4.98 Å². The summed E-state index contributed by atoms with van der Waals surface area (Å²) in [6.07, 6.45) is 7.87. The lowest BCUT2D eigenvalue weighted by molar-refractivity contribution is 0.0964. The Hall–Kier alpha value is -3.05. The molecule has 0 aliphatic carbocycles. The zero-order chi connectivity index (χ0) is 28.8. The van der Waals surface area contributed by atoms with Gasteiger partial charge < -0.3 is 25.8 Å². The largest absolute Gasteiger partial charge is 0.371 e. The molecular weight excluding hydrogens is 556 g/mol. The minimum Gasteiger partial charge on any atom is -0.371 e. The number of nitrogens with zero attached hydrogens (tertiary/aromatic N) is 5. The minimum absolute atomic E-state index is 0.167. The van der Waals surface area contributed by atoms with Crippen LogP contribution in [0.1, 0.15) is 42.5 Å². The van der Waals surface area contributed by atoms with Crippen molar-refractivity contribution in [1.82, 2.24) is 24.5 Å². The molecular formula is C30H39ClN8OS. The van der Waals surface area contributed by atoms with Crippen LogP contribution in [0.15, 0.2) is 53.6 Å². The number of aromatic nitrogens is 2. The SMILES string of the molecule is CNC(=O)c1cc(N2CCC(N3CCCCC3)CC2)ccc1Nc1ncc(Cl)c(Nc2ccccc2SN(C)C)n1. The first-order valence-corrected chi connectivity index (χ1v) is 15.4. The quantitative estimate of drug-likeness (QED) is 0.258. The lowest BCUT2D eigenvalue weighted by Gasteiger charge is -2.41. The Morgan fingerprint density at radius 1 is 1.00 bits per heavy atom. The van der Waals surface area contributed by atoms with Crippen molar-refractivity contribution in [3.63, 3.8) is 0 Å². The highest BCUT2D eigenvalue weighted by molar-refractivity contribution is 7.97. The summed E-state index contributed by atoms with van der Waals surface area (Å²) in [7, 11) is 5.63. The van der Waals surface area contributed by atoms with Gasteiger partial charge in [-0.2, -0.15) is 4.98 Å². The van der Waals surface area contributed by atoms with E-state index >= 15 is 0 Å². The molecule has 0 unspecified atom stereocenters. The molecule has 218 valence electrons. The fourth-order valence-electron chi connectivity index (χ4n) is 5.54. The van der Waals surface area contributed by atoms with Crippen LogP contribution in [0.4, 0.5) is 28.8 Å². The molecule has 2 fully saturated rings. The second kappa shape index (κ2) is 13.7. The molecule has 2 saturated heterocycles. The summed E-state index contributed by atoms with van der Waals surface area (Å²) < 4.78 is 2.02. The molecule has 11 heteroatoms. The third-order valence-corrected chi connectivity index (χ3v) is 8.82. The highest BCUT2D eigenvalue weighted by Crippen LogP contribution is 2.33. The molecule has 0 atom stereocenters. The number of amides is 1. The van der Waals surface area contributed by atoms with Crippen LogP contribution < -0.4 is 20.9 Å². The van der Waals surface area contributed by atoms with Gasteiger partial charge in [0.05, 0.1) is 23.1 Å². The monoisotopic (exact) mass is 594 g/mol. The summed E-state index contributed by atoms with van der Waals surface area (Å²) in [5.74, 6) is 0.653. The lowest BCUT2D eigenvalue weighted by atomic mass is 9.99. The van der Waals surface area contributed by atoms with Crippen molar-refractivity contribution in [2.45, 2.75) is 43.0 Å². The first-order chi connectivity index (χ1) is 19.9. The first kappa shape index (κ1) is 29.4. The summed E-state index contributed by atoms with van der Waals surface area (Å²) in [5.41, 5.74) is 3.12. The number of para-hydroxylation sites is 1. The van der Waals surface area contributed by atoms with Crippen molar-refractivity contribution in [3.8, 4) is 0 Å². The van der Waals surface area contributed by atoms with E-state index in [0.717, 1.165) is 42.2 Å². The van der Waals surface area contributed by atoms with Crippen molar-refractivity contribution in [2.24, 2.45) is 0 Å². The number of carbonyl (C=O) groups excluding carboxylic acids is 1. The van der Waals surface area contributed by atoms with Crippen molar-refractivity contribution in [1.29, 1.82) is 0 Å². The highest BCUT2D eigenvalue weighted by Gasteiger charge is 2.26. The molecule has 0 bridgehead atoms. The van der Waals surface area contributed by atoms with Gasteiger partial charge in [-0.15, -0.1) is 0 Å². The fourth-order valence-corrected chi connectivity index (χ4v) is 6.43. The van der Waals surface area contributed by atoms with Gasteiger partial charge in [-0.3, -0.25) is 9.10 Å². The van der Waals surface area contributed by atoms with Crippen LogP contribution in [0.5, 0.6) is 0 Å². The van der Waals surface area contributed by atoms with E-state index in [-0.39, 0.29) is 5.91 Å². The molecule has 41 heavy (non-hydrogen) atoms. The molecule has 2 aromatic carbocycles. The fraction of sp³-hybridized carbons (Fsp3) is 0.433. The molecule has 3 aromatic rings. The van der Waals surface area contributed by atoms with Gasteiger partial charge >= 0.3 is 0 Å². The van der Waals surface area contributed by atoms with E-state index in [1.165, 1.54) is 32.4 Å².